The number of amides is 1. The first-order chi connectivity index (χ1) is 11.9. The molecule has 8 heteroatoms. The van der Waals surface area contributed by atoms with Crippen molar-refractivity contribution >= 4 is 28.4 Å². The standard InChI is InChI=1S/C17H18N4O4/c1-3-9(2)13(17(24)25)19-16(23)11-8-18-21-12-7-5-4-6-10(12)15(22)20-14(11)21/h4-9,13H,3H2,1-2H3,(H,19,23)(H,20,22)(H,24,25)/t9-,13-/m0/s1. The van der Waals surface area contributed by atoms with Gasteiger partial charge in [-0.25, -0.2) is 9.31 Å². The van der Waals surface area contributed by atoms with Crippen LogP contribution >= 0.6 is 0 Å². The number of carbonyl (C=O) groups excluding carboxylic acids is 1. The van der Waals surface area contributed by atoms with Crippen molar-refractivity contribution in [3.8, 4) is 0 Å². The third-order valence-electron chi connectivity index (χ3n) is 4.39. The van der Waals surface area contributed by atoms with Crippen molar-refractivity contribution < 1.29 is 14.7 Å². The Hall–Kier alpha value is -3.16. The van der Waals surface area contributed by atoms with Crippen molar-refractivity contribution in [3.63, 3.8) is 0 Å². The number of benzene rings is 1. The Kier molecular flexibility index (Phi) is 4.26. The molecule has 25 heavy (non-hydrogen) atoms. The van der Waals surface area contributed by atoms with E-state index in [0.29, 0.717) is 17.3 Å². The third kappa shape index (κ3) is 2.86. The number of aliphatic carboxylic acids is 1. The molecule has 1 amide bonds. The lowest BCUT2D eigenvalue weighted by Gasteiger charge is -2.19. The number of carbonyl (C=O) groups is 2. The van der Waals surface area contributed by atoms with Gasteiger partial charge >= 0.3 is 5.97 Å². The highest BCUT2D eigenvalue weighted by Gasteiger charge is 2.27. The van der Waals surface area contributed by atoms with Gasteiger partial charge in [-0.2, -0.15) is 5.10 Å². The molecule has 0 unspecified atom stereocenters. The molecule has 0 saturated heterocycles. The van der Waals surface area contributed by atoms with E-state index in [9.17, 15) is 19.5 Å². The highest BCUT2D eigenvalue weighted by atomic mass is 16.4. The topological polar surface area (TPSA) is 117 Å². The van der Waals surface area contributed by atoms with E-state index in [1.165, 1.54) is 10.7 Å². The fraction of sp³-hybridized carbons (Fsp3) is 0.294. The molecule has 8 nitrogen and oxygen atoms in total. The molecule has 0 aliphatic carbocycles. The molecule has 1 aromatic carbocycles. The summed E-state index contributed by atoms with van der Waals surface area (Å²) in [6.45, 7) is 3.61. The highest BCUT2D eigenvalue weighted by Crippen LogP contribution is 2.15. The second-order valence-electron chi connectivity index (χ2n) is 5.96. The van der Waals surface area contributed by atoms with Gasteiger partial charge in [0.25, 0.3) is 11.5 Å². The molecular formula is C17H18N4O4. The van der Waals surface area contributed by atoms with Crippen LogP contribution in [0.1, 0.15) is 30.6 Å². The molecule has 0 radical (unpaired) electrons. The van der Waals surface area contributed by atoms with Crippen LogP contribution in [0.2, 0.25) is 0 Å². The Balaban J connectivity index is 2.06. The molecule has 130 valence electrons. The number of aromatic nitrogens is 3. The lowest BCUT2D eigenvalue weighted by atomic mass is 9.99. The summed E-state index contributed by atoms with van der Waals surface area (Å²) in [5.41, 5.74) is 0.582. The Morgan fingerprint density at radius 3 is 2.76 bits per heavy atom. The molecule has 0 aliphatic rings. The lowest BCUT2D eigenvalue weighted by Crippen LogP contribution is -2.45. The van der Waals surface area contributed by atoms with Crippen LogP contribution in [0.4, 0.5) is 0 Å². The summed E-state index contributed by atoms with van der Waals surface area (Å²) < 4.78 is 1.46. The zero-order chi connectivity index (χ0) is 18.1. The zero-order valence-electron chi connectivity index (χ0n) is 13.8. The van der Waals surface area contributed by atoms with Crippen molar-refractivity contribution in [1.82, 2.24) is 19.9 Å². The molecule has 3 rings (SSSR count). The summed E-state index contributed by atoms with van der Waals surface area (Å²) in [5, 5.41) is 16.5. The average molecular weight is 342 g/mol. The van der Waals surface area contributed by atoms with Gasteiger partial charge in [0, 0.05) is 0 Å². The van der Waals surface area contributed by atoms with Crippen molar-refractivity contribution in [2.75, 3.05) is 0 Å². The average Bonchev–Trinajstić information content (AvgIpc) is 3.02. The molecule has 2 aromatic heterocycles. The monoisotopic (exact) mass is 342 g/mol. The number of carboxylic acid groups (broad SMARTS) is 1. The largest absolute Gasteiger partial charge is 0.480 e. The second-order valence-corrected chi connectivity index (χ2v) is 5.96. The summed E-state index contributed by atoms with van der Waals surface area (Å²) in [6, 6.07) is 5.89. The SMILES string of the molecule is CC[C@H](C)[C@H](NC(=O)c1cnn2c1[nH]c(=O)c1ccccc12)C(=O)O. The van der Waals surface area contributed by atoms with Crippen LogP contribution in [0.25, 0.3) is 16.6 Å². The molecule has 2 heterocycles. The molecule has 0 fully saturated rings. The number of fused-ring (bicyclic) bond motifs is 3. The van der Waals surface area contributed by atoms with E-state index in [-0.39, 0.29) is 22.7 Å². The van der Waals surface area contributed by atoms with Gasteiger partial charge in [-0.1, -0.05) is 32.4 Å². The maximum absolute atomic E-state index is 12.6. The number of nitrogens with zero attached hydrogens (tertiary/aromatic N) is 2. The predicted molar refractivity (Wildman–Crippen MR) is 91.7 cm³/mol. The molecule has 3 aromatic rings. The fourth-order valence-corrected chi connectivity index (χ4v) is 2.74. The first-order valence-corrected chi connectivity index (χ1v) is 7.96. The van der Waals surface area contributed by atoms with Crippen molar-refractivity contribution in [1.29, 1.82) is 0 Å². The molecule has 2 atom stereocenters. The van der Waals surface area contributed by atoms with E-state index < -0.39 is 17.9 Å². The number of hydrogen-bond donors (Lipinski definition) is 3. The molecular weight excluding hydrogens is 324 g/mol. The van der Waals surface area contributed by atoms with E-state index in [0.717, 1.165) is 0 Å². The Morgan fingerprint density at radius 2 is 2.08 bits per heavy atom. The van der Waals surface area contributed by atoms with Crippen LogP contribution in [0, 0.1) is 5.92 Å². The second kappa shape index (κ2) is 6.39. The lowest BCUT2D eigenvalue weighted by molar-refractivity contribution is -0.140. The summed E-state index contributed by atoms with van der Waals surface area (Å²) in [5.74, 6) is -1.92. The molecule has 3 N–H and O–H groups in total. The van der Waals surface area contributed by atoms with Crippen molar-refractivity contribution in [3.05, 3.63) is 46.4 Å². The maximum atomic E-state index is 12.6. The predicted octanol–water partition coefficient (Wildman–Crippen LogP) is 1.40. The fourth-order valence-electron chi connectivity index (χ4n) is 2.74. The minimum Gasteiger partial charge on any atom is -0.480 e. The van der Waals surface area contributed by atoms with Gasteiger partial charge in [0.1, 0.15) is 17.3 Å². The molecule has 0 spiro atoms. The van der Waals surface area contributed by atoms with Crippen molar-refractivity contribution in [2.24, 2.45) is 5.92 Å². The van der Waals surface area contributed by atoms with Gasteiger partial charge in [-0.3, -0.25) is 9.59 Å². The Bertz CT molecular complexity index is 1020. The van der Waals surface area contributed by atoms with Gasteiger partial charge in [0.15, 0.2) is 0 Å². The van der Waals surface area contributed by atoms with E-state index >= 15 is 0 Å². The van der Waals surface area contributed by atoms with E-state index in [4.69, 9.17) is 0 Å². The van der Waals surface area contributed by atoms with E-state index in [1.54, 1.807) is 31.2 Å². The first-order valence-electron chi connectivity index (χ1n) is 7.96. The first kappa shape index (κ1) is 16.7. The van der Waals surface area contributed by atoms with E-state index in [1.807, 2.05) is 6.92 Å². The van der Waals surface area contributed by atoms with Gasteiger partial charge in [0.05, 0.1) is 17.1 Å². The minimum absolute atomic E-state index is 0.123. The van der Waals surface area contributed by atoms with Gasteiger partial charge in [-0.15, -0.1) is 0 Å². The Labute approximate surface area is 142 Å². The van der Waals surface area contributed by atoms with Gasteiger partial charge in [0.2, 0.25) is 0 Å². The smallest absolute Gasteiger partial charge is 0.326 e. The molecule has 0 saturated carbocycles. The zero-order valence-corrected chi connectivity index (χ0v) is 13.8. The number of H-pyrrole nitrogens is 1. The number of aromatic amines is 1. The summed E-state index contributed by atoms with van der Waals surface area (Å²) in [6.07, 6.45) is 1.93. The number of rotatable bonds is 5. The third-order valence-corrected chi connectivity index (χ3v) is 4.39. The quantitative estimate of drug-likeness (QED) is 0.648. The summed E-state index contributed by atoms with van der Waals surface area (Å²) in [4.78, 5) is 38.8. The number of nitrogens with one attached hydrogen (secondary N) is 2. The van der Waals surface area contributed by atoms with Crippen molar-refractivity contribution in [2.45, 2.75) is 26.3 Å². The van der Waals surface area contributed by atoms with Gasteiger partial charge < -0.3 is 15.4 Å². The maximum Gasteiger partial charge on any atom is 0.326 e. The van der Waals surface area contributed by atoms with Gasteiger partial charge in [-0.05, 0) is 18.1 Å². The molecule has 0 aliphatic heterocycles. The number of carboxylic acids is 1. The number of para-hydroxylation sites is 1. The van der Waals surface area contributed by atoms with Crippen LogP contribution in [-0.4, -0.2) is 37.6 Å². The van der Waals surface area contributed by atoms with Crippen LogP contribution in [0.5, 0.6) is 0 Å². The van der Waals surface area contributed by atoms with Crippen LogP contribution in [0.15, 0.2) is 35.3 Å². The normalized spacial score (nSPS) is 13.7. The summed E-state index contributed by atoms with van der Waals surface area (Å²) in [7, 11) is 0. The summed E-state index contributed by atoms with van der Waals surface area (Å²) >= 11 is 0. The number of hydrogen-bond acceptors (Lipinski definition) is 4. The highest BCUT2D eigenvalue weighted by molar-refractivity contribution is 6.02. The van der Waals surface area contributed by atoms with E-state index in [2.05, 4.69) is 15.4 Å². The minimum atomic E-state index is -1.10. The van der Waals surface area contributed by atoms with Crippen LogP contribution in [0.3, 0.4) is 0 Å². The molecule has 0 bridgehead atoms. The van der Waals surface area contributed by atoms with Crippen LogP contribution < -0.4 is 10.9 Å². The Morgan fingerprint density at radius 1 is 1.36 bits per heavy atom. The van der Waals surface area contributed by atoms with Crippen LogP contribution in [-0.2, 0) is 4.79 Å².